The van der Waals surface area contributed by atoms with Crippen LogP contribution in [0.25, 0.3) is 16.3 Å². The lowest BCUT2D eigenvalue weighted by Gasteiger charge is -2.37. The van der Waals surface area contributed by atoms with Gasteiger partial charge in [0.25, 0.3) is 5.56 Å². The third-order valence-electron chi connectivity index (χ3n) is 11.5. The second-order valence-corrected chi connectivity index (χ2v) is 16.6. The minimum absolute atomic E-state index is 0.0322. The van der Waals surface area contributed by atoms with Crippen LogP contribution in [0.15, 0.2) is 77.0 Å². The van der Waals surface area contributed by atoms with Gasteiger partial charge in [0, 0.05) is 47.7 Å². The van der Waals surface area contributed by atoms with E-state index in [2.05, 4.69) is 65.5 Å². The molecule has 294 valence electrons. The summed E-state index contributed by atoms with van der Waals surface area (Å²) in [5, 5.41) is 10.6. The van der Waals surface area contributed by atoms with Crippen LogP contribution in [-0.4, -0.2) is 60.7 Å². The minimum atomic E-state index is -0.772. The lowest BCUT2D eigenvalue weighted by Crippen LogP contribution is -2.43. The number of alkyl carbamates (subject to hydrolysis) is 1. The van der Waals surface area contributed by atoms with Gasteiger partial charge in [0.15, 0.2) is 0 Å². The van der Waals surface area contributed by atoms with Gasteiger partial charge >= 0.3 is 6.09 Å². The molecule has 0 spiro atoms. The Morgan fingerprint density at radius 3 is 2.62 bits per heavy atom. The van der Waals surface area contributed by atoms with Crippen molar-refractivity contribution in [3.05, 3.63) is 116 Å². The van der Waals surface area contributed by atoms with Gasteiger partial charge in [0.05, 0.1) is 47.0 Å². The van der Waals surface area contributed by atoms with E-state index in [-0.39, 0.29) is 24.1 Å². The Kier molecular flexibility index (Phi) is 11.2. The number of allylic oxidation sites excluding steroid dienone is 3. The van der Waals surface area contributed by atoms with Gasteiger partial charge in [-0.05, 0) is 114 Å². The number of rotatable bonds is 12. The summed E-state index contributed by atoms with van der Waals surface area (Å²) in [6, 6.07) is 13.7. The molecule has 0 saturated heterocycles. The molecule has 11 nitrogen and oxygen atoms in total. The number of aryl methyl sites for hydroxylation is 1. The SMILES string of the molecule is CCCCCN1CC=C(C)C(c2ccc(CN(C(=O)C3(c4ccc5c(=O)[nH]nc(CNC(=O)OC(C)(C)C)c5c4)CC3)C3CCCc4cccnc43)nc2)=C1C. The molecule has 1 fully saturated rings. The predicted octanol–water partition coefficient (Wildman–Crippen LogP) is 8.06. The maximum absolute atomic E-state index is 15.2. The lowest BCUT2D eigenvalue weighted by molar-refractivity contribution is -0.137. The fraction of sp³-hybridized carbons (Fsp3) is 0.467. The van der Waals surface area contributed by atoms with Crippen LogP contribution in [0.3, 0.4) is 0 Å². The van der Waals surface area contributed by atoms with Gasteiger partial charge in [-0.1, -0.05) is 44.0 Å². The number of H-pyrrole nitrogens is 1. The fourth-order valence-electron chi connectivity index (χ4n) is 8.38. The molecule has 2 aliphatic carbocycles. The van der Waals surface area contributed by atoms with Gasteiger partial charge in [-0.25, -0.2) is 9.89 Å². The van der Waals surface area contributed by atoms with E-state index in [1.54, 1.807) is 26.8 Å². The number of hydrogen-bond acceptors (Lipinski definition) is 8. The lowest BCUT2D eigenvalue weighted by atomic mass is 9.87. The third-order valence-corrected chi connectivity index (χ3v) is 11.5. The van der Waals surface area contributed by atoms with E-state index >= 15 is 4.79 Å². The first-order chi connectivity index (χ1) is 26.9. The molecule has 11 heteroatoms. The zero-order valence-electron chi connectivity index (χ0n) is 33.7. The van der Waals surface area contributed by atoms with Crippen molar-refractivity contribution in [2.75, 3.05) is 13.1 Å². The molecule has 7 rings (SSSR count). The maximum Gasteiger partial charge on any atom is 0.407 e. The highest BCUT2D eigenvalue weighted by molar-refractivity contribution is 5.94. The number of pyridine rings is 2. The number of unbranched alkanes of at least 4 members (excludes halogenated alkanes) is 2. The summed E-state index contributed by atoms with van der Waals surface area (Å²) in [6.07, 6.45) is 13.2. The second-order valence-electron chi connectivity index (χ2n) is 16.6. The fourth-order valence-corrected chi connectivity index (χ4v) is 8.38. The Morgan fingerprint density at radius 1 is 1.07 bits per heavy atom. The number of ether oxygens (including phenoxy) is 1. The quantitative estimate of drug-likeness (QED) is 0.139. The topological polar surface area (TPSA) is 133 Å². The summed E-state index contributed by atoms with van der Waals surface area (Å²) in [5.41, 5.74) is 7.36. The minimum Gasteiger partial charge on any atom is -0.444 e. The molecule has 4 aromatic rings. The number of fused-ring (bicyclic) bond motifs is 2. The van der Waals surface area contributed by atoms with Crippen molar-refractivity contribution in [1.82, 2.24) is 35.3 Å². The predicted molar refractivity (Wildman–Crippen MR) is 219 cm³/mol. The van der Waals surface area contributed by atoms with E-state index in [0.29, 0.717) is 35.9 Å². The Hall–Kier alpha value is -5.32. The van der Waals surface area contributed by atoms with E-state index in [1.165, 1.54) is 41.7 Å². The maximum atomic E-state index is 15.2. The van der Waals surface area contributed by atoms with Crippen molar-refractivity contribution < 1.29 is 14.3 Å². The average Bonchev–Trinajstić information content (AvgIpc) is 3.99. The molecule has 1 saturated carbocycles. The summed E-state index contributed by atoms with van der Waals surface area (Å²) in [7, 11) is 0. The monoisotopic (exact) mass is 757 g/mol. The smallest absolute Gasteiger partial charge is 0.407 e. The molecular weight excluding hydrogens is 703 g/mol. The molecule has 2 amide bonds. The summed E-state index contributed by atoms with van der Waals surface area (Å²) < 4.78 is 5.42. The van der Waals surface area contributed by atoms with Crippen molar-refractivity contribution in [2.24, 2.45) is 0 Å². The molecule has 4 heterocycles. The van der Waals surface area contributed by atoms with Crippen LogP contribution in [0.1, 0.15) is 126 Å². The second kappa shape index (κ2) is 16.0. The first kappa shape index (κ1) is 38.9. The number of amides is 2. The van der Waals surface area contributed by atoms with E-state index in [1.807, 2.05) is 35.5 Å². The molecule has 3 aliphatic rings. The number of hydrogen-bond donors (Lipinski definition) is 2. The molecule has 0 bridgehead atoms. The van der Waals surface area contributed by atoms with Crippen molar-refractivity contribution in [2.45, 2.75) is 123 Å². The van der Waals surface area contributed by atoms with Crippen LogP contribution in [0.5, 0.6) is 0 Å². The van der Waals surface area contributed by atoms with Crippen molar-refractivity contribution in [3.8, 4) is 0 Å². The van der Waals surface area contributed by atoms with Gasteiger partial charge in [-0.15, -0.1) is 0 Å². The third kappa shape index (κ3) is 8.13. The number of benzene rings is 1. The Bertz CT molecular complexity index is 2230. The number of carbonyl (C=O) groups excluding carboxylic acids is 2. The van der Waals surface area contributed by atoms with Crippen molar-refractivity contribution in [3.63, 3.8) is 0 Å². The number of nitrogens with one attached hydrogen (secondary N) is 2. The highest BCUT2D eigenvalue weighted by Crippen LogP contribution is 2.52. The van der Waals surface area contributed by atoms with Crippen molar-refractivity contribution >= 4 is 28.3 Å². The van der Waals surface area contributed by atoms with E-state index in [4.69, 9.17) is 14.7 Å². The van der Waals surface area contributed by atoms with Crippen LogP contribution in [0.2, 0.25) is 0 Å². The van der Waals surface area contributed by atoms with Crippen LogP contribution in [0.4, 0.5) is 4.79 Å². The average molecular weight is 758 g/mol. The number of aromatic amines is 1. The summed E-state index contributed by atoms with van der Waals surface area (Å²) in [6.45, 7) is 14.4. The molecular formula is C45H55N7O4. The molecule has 1 unspecified atom stereocenters. The standard InChI is InChI=1S/C45H55N7O4/c1-7-8-9-23-51-24-19-29(2)39(30(51)3)32-15-17-34(47-26-32)28-52(38-14-10-12-31-13-11-22-46-40(31)38)42(54)45(20-21-45)33-16-18-35-36(25-33)37(49-50-41(35)53)27-48-43(55)56-44(4,5)6/h11,13,15-19,22,25-26,38H,7-10,12,14,20-21,23-24,27-28H2,1-6H3,(H,48,55)(H,50,53). The van der Waals surface area contributed by atoms with Crippen molar-refractivity contribution in [1.29, 1.82) is 0 Å². The number of nitrogens with zero attached hydrogens (tertiary/aromatic N) is 5. The van der Waals surface area contributed by atoms with Crippen LogP contribution in [-0.2, 0) is 34.5 Å². The number of aromatic nitrogens is 4. The zero-order chi connectivity index (χ0) is 39.6. The van der Waals surface area contributed by atoms with Gasteiger partial charge in [-0.2, -0.15) is 5.10 Å². The molecule has 1 atom stereocenters. The van der Waals surface area contributed by atoms with Gasteiger partial charge in [0.2, 0.25) is 5.91 Å². The van der Waals surface area contributed by atoms with Gasteiger partial charge < -0.3 is 19.9 Å². The molecule has 1 aromatic carbocycles. The summed E-state index contributed by atoms with van der Waals surface area (Å²) in [5.74, 6) is 0.0322. The Balaban J connectivity index is 1.20. The molecule has 0 radical (unpaired) electrons. The first-order valence-corrected chi connectivity index (χ1v) is 20.2. The normalized spacial score (nSPS) is 17.6. The van der Waals surface area contributed by atoms with Crippen LogP contribution in [0, 0.1) is 0 Å². The van der Waals surface area contributed by atoms with Crippen LogP contribution >= 0.6 is 0 Å². The first-order valence-electron chi connectivity index (χ1n) is 20.2. The van der Waals surface area contributed by atoms with Gasteiger partial charge in [0.1, 0.15) is 5.60 Å². The highest BCUT2D eigenvalue weighted by atomic mass is 16.6. The van der Waals surface area contributed by atoms with E-state index in [9.17, 15) is 9.59 Å². The largest absolute Gasteiger partial charge is 0.444 e. The van der Waals surface area contributed by atoms with Crippen LogP contribution < -0.4 is 10.9 Å². The zero-order valence-corrected chi connectivity index (χ0v) is 33.7. The van der Waals surface area contributed by atoms with Gasteiger partial charge in [-0.3, -0.25) is 19.6 Å². The summed E-state index contributed by atoms with van der Waals surface area (Å²) >= 11 is 0. The van der Waals surface area contributed by atoms with E-state index in [0.717, 1.165) is 54.9 Å². The summed E-state index contributed by atoms with van der Waals surface area (Å²) in [4.78, 5) is 55.0. The molecule has 1 aliphatic heterocycles. The number of carbonyl (C=O) groups is 2. The van der Waals surface area contributed by atoms with E-state index < -0.39 is 17.1 Å². The molecule has 3 aromatic heterocycles. The Morgan fingerprint density at radius 2 is 1.89 bits per heavy atom. The Labute approximate surface area is 329 Å². The molecule has 2 N–H and O–H groups in total. The highest BCUT2D eigenvalue weighted by Gasteiger charge is 2.54. The molecule has 56 heavy (non-hydrogen) atoms.